The Morgan fingerprint density at radius 2 is 2.09 bits per heavy atom. The summed E-state index contributed by atoms with van der Waals surface area (Å²) in [5.41, 5.74) is 0.488. The van der Waals surface area contributed by atoms with Gasteiger partial charge in [-0.3, -0.25) is 0 Å². The lowest BCUT2D eigenvalue weighted by molar-refractivity contribution is 0.194. The molecule has 1 unspecified atom stereocenters. The van der Waals surface area contributed by atoms with E-state index in [0.29, 0.717) is 15.9 Å². The number of hydrogen-bond acceptors (Lipinski definition) is 2. The summed E-state index contributed by atoms with van der Waals surface area (Å²) in [6.45, 7) is 1.61. The number of aliphatic hydroxyl groups is 1. The zero-order valence-corrected chi connectivity index (χ0v) is 7.39. The van der Waals surface area contributed by atoms with Crippen LogP contribution in [0.2, 0.25) is 10.2 Å². The van der Waals surface area contributed by atoms with E-state index in [0.717, 1.165) is 0 Å². The second-order valence-electron chi connectivity index (χ2n) is 2.21. The molecule has 0 spiro atoms. The number of nitrogens with zero attached hydrogens (tertiary/aromatic N) is 1. The van der Waals surface area contributed by atoms with Crippen molar-refractivity contribution in [1.29, 1.82) is 0 Å². The van der Waals surface area contributed by atoms with Gasteiger partial charge in [0, 0.05) is 5.02 Å². The Labute approximate surface area is 74.8 Å². The van der Waals surface area contributed by atoms with E-state index in [4.69, 9.17) is 28.3 Å². The molecule has 0 aliphatic heterocycles. The SMILES string of the molecule is CC(O)c1cc(Cl)cc(Cl)n1. The number of aromatic nitrogens is 1. The molecule has 1 N–H and O–H groups in total. The summed E-state index contributed by atoms with van der Waals surface area (Å²) in [7, 11) is 0. The normalized spacial score (nSPS) is 13.1. The van der Waals surface area contributed by atoms with Gasteiger partial charge in [-0.1, -0.05) is 23.2 Å². The quantitative estimate of drug-likeness (QED) is 0.693. The molecular formula is C7H7Cl2NO. The minimum Gasteiger partial charge on any atom is -0.387 e. The summed E-state index contributed by atoms with van der Waals surface area (Å²) in [4.78, 5) is 3.86. The van der Waals surface area contributed by atoms with Gasteiger partial charge in [0.15, 0.2) is 0 Å². The van der Waals surface area contributed by atoms with E-state index >= 15 is 0 Å². The van der Waals surface area contributed by atoms with Crippen LogP contribution in [0.5, 0.6) is 0 Å². The molecule has 0 aliphatic carbocycles. The molecule has 0 radical (unpaired) electrons. The molecule has 0 fully saturated rings. The predicted molar refractivity (Wildman–Crippen MR) is 44.9 cm³/mol. The van der Waals surface area contributed by atoms with Crippen LogP contribution in [-0.4, -0.2) is 10.1 Å². The van der Waals surface area contributed by atoms with Crippen molar-refractivity contribution >= 4 is 23.2 Å². The highest BCUT2D eigenvalue weighted by Crippen LogP contribution is 2.19. The van der Waals surface area contributed by atoms with E-state index in [9.17, 15) is 0 Å². The fraction of sp³-hybridized carbons (Fsp3) is 0.286. The average Bonchev–Trinajstić information content (AvgIpc) is 1.85. The minimum atomic E-state index is -0.633. The maximum atomic E-state index is 9.09. The first-order valence-electron chi connectivity index (χ1n) is 3.10. The molecule has 0 saturated carbocycles. The van der Waals surface area contributed by atoms with Crippen LogP contribution >= 0.6 is 23.2 Å². The van der Waals surface area contributed by atoms with Crippen LogP contribution in [0.15, 0.2) is 12.1 Å². The molecule has 0 bridgehead atoms. The van der Waals surface area contributed by atoms with Crippen LogP contribution in [0.1, 0.15) is 18.7 Å². The van der Waals surface area contributed by atoms with Gasteiger partial charge in [-0.05, 0) is 19.1 Å². The summed E-state index contributed by atoms with van der Waals surface area (Å²) in [5, 5.41) is 9.88. The third-order valence-corrected chi connectivity index (χ3v) is 1.62. The predicted octanol–water partition coefficient (Wildman–Crippen LogP) is 2.44. The van der Waals surface area contributed by atoms with E-state index in [1.54, 1.807) is 13.0 Å². The van der Waals surface area contributed by atoms with Crippen molar-refractivity contribution in [2.24, 2.45) is 0 Å². The molecular weight excluding hydrogens is 185 g/mol. The molecule has 1 atom stereocenters. The first-order valence-corrected chi connectivity index (χ1v) is 3.86. The Bertz CT molecular complexity index is 242. The van der Waals surface area contributed by atoms with Crippen molar-refractivity contribution in [3.05, 3.63) is 28.0 Å². The Hall–Kier alpha value is -0.310. The number of halogens is 2. The highest BCUT2D eigenvalue weighted by molar-refractivity contribution is 6.33. The molecule has 1 heterocycles. The highest BCUT2D eigenvalue weighted by Gasteiger charge is 2.04. The Balaban J connectivity index is 3.08. The lowest BCUT2D eigenvalue weighted by atomic mass is 10.2. The van der Waals surface area contributed by atoms with Gasteiger partial charge in [-0.2, -0.15) is 0 Å². The maximum absolute atomic E-state index is 9.09. The fourth-order valence-corrected chi connectivity index (χ4v) is 1.18. The zero-order chi connectivity index (χ0) is 8.43. The average molecular weight is 192 g/mol. The second-order valence-corrected chi connectivity index (χ2v) is 3.03. The number of aliphatic hydroxyl groups excluding tert-OH is 1. The first-order chi connectivity index (χ1) is 5.09. The van der Waals surface area contributed by atoms with Gasteiger partial charge < -0.3 is 5.11 Å². The number of pyridine rings is 1. The van der Waals surface area contributed by atoms with E-state index in [1.165, 1.54) is 6.07 Å². The molecule has 4 heteroatoms. The third kappa shape index (κ3) is 2.33. The molecule has 60 valence electrons. The van der Waals surface area contributed by atoms with Gasteiger partial charge in [-0.25, -0.2) is 4.98 Å². The van der Waals surface area contributed by atoms with Gasteiger partial charge in [0.2, 0.25) is 0 Å². The van der Waals surface area contributed by atoms with Crippen molar-refractivity contribution in [2.45, 2.75) is 13.0 Å². The minimum absolute atomic E-state index is 0.299. The van der Waals surface area contributed by atoms with Crippen molar-refractivity contribution in [3.8, 4) is 0 Å². The largest absolute Gasteiger partial charge is 0.387 e. The number of rotatable bonds is 1. The molecule has 0 aromatic carbocycles. The van der Waals surface area contributed by atoms with Gasteiger partial charge in [-0.15, -0.1) is 0 Å². The molecule has 1 aromatic rings. The lowest BCUT2D eigenvalue weighted by Gasteiger charge is -2.03. The summed E-state index contributed by atoms with van der Waals surface area (Å²) in [5.74, 6) is 0. The standard InChI is InChI=1S/C7H7Cl2NO/c1-4(11)6-2-5(8)3-7(9)10-6/h2-4,11H,1H3. The molecule has 1 aromatic heterocycles. The fourth-order valence-electron chi connectivity index (χ4n) is 0.699. The van der Waals surface area contributed by atoms with E-state index in [2.05, 4.69) is 4.98 Å². The molecule has 0 saturated heterocycles. The van der Waals surface area contributed by atoms with E-state index < -0.39 is 6.10 Å². The van der Waals surface area contributed by atoms with Crippen LogP contribution in [0.3, 0.4) is 0 Å². The summed E-state index contributed by atoms with van der Waals surface area (Å²) in [6.07, 6.45) is -0.633. The van der Waals surface area contributed by atoms with Crippen LogP contribution < -0.4 is 0 Å². The van der Waals surface area contributed by atoms with Crippen LogP contribution in [0, 0.1) is 0 Å². The van der Waals surface area contributed by atoms with Crippen LogP contribution in [0.25, 0.3) is 0 Å². The van der Waals surface area contributed by atoms with Crippen molar-refractivity contribution < 1.29 is 5.11 Å². The topological polar surface area (TPSA) is 33.1 Å². The van der Waals surface area contributed by atoms with Crippen molar-refractivity contribution in [2.75, 3.05) is 0 Å². The maximum Gasteiger partial charge on any atom is 0.130 e. The third-order valence-electron chi connectivity index (χ3n) is 1.21. The van der Waals surface area contributed by atoms with Gasteiger partial charge in [0.25, 0.3) is 0 Å². The molecule has 0 amide bonds. The first kappa shape index (κ1) is 8.78. The highest BCUT2D eigenvalue weighted by atomic mass is 35.5. The summed E-state index contributed by atoms with van der Waals surface area (Å²) < 4.78 is 0. The van der Waals surface area contributed by atoms with Crippen LogP contribution in [-0.2, 0) is 0 Å². The summed E-state index contributed by atoms with van der Waals surface area (Å²) >= 11 is 11.2. The van der Waals surface area contributed by atoms with E-state index in [1.807, 2.05) is 0 Å². The lowest BCUT2D eigenvalue weighted by Crippen LogP contribution is -1.94. The van der Waals surface area contributed by atoms with Crippen molar-refractivity contribution in [3.63, 3.8) is 0 Å². The zero-order valence-electron chi connectivity index (χ0n) is 5.88. The molecule has 1 rings (SSSR count). The van der Waals surface area contributed by atoms with Gasteiger partial charge in [0.05, 0.1) is 11.8 Å². The smallest absolute Gasteiger partial charge is 0.130 e. The van der Waals surface area contributed by atoms with Gasteiger partial charge in [0.1, 0.15) is 5.15 Å². The second kappa shape index (κ2) is 3.39. The van der Waals surface area contributed by atoms with E-state index in [-0.39, 0.29) is 0 Å². The Morgan fingerprint density at radius 3 is 2.55 bits per heavy atom. The monoisotopic (exact) mass is 191 g/mol. The molecule has 2 nitrogen and oxygen atoms in total. The summed E-state index contributed by atoms with van der Waals surface area (Å²) in [6, 6.07) is 3.10. The van der Waals surface area contributed by atoms with Gasteiger partial charge >= 0.3 is 0 Å². The molecule has 11 heavy (non-hydrogen) atoms. The van der Waals surface area contributed by atoms with Crippen LogP contribution in [0.4, 0.5) is 0 Å². The Kier molecular flexibility index (Phi) is 2.71. The Morgan fingerprint density at radius 1 is 1.45 bits per heavy atom. The number of hydrogen-bond donors (Lipinski definition) is 1. The van der Waals surface area contributed by atoms with Crippen molar-refractivity contribution in [1.82, 2.24) is 4.98 Å². The molecule has 0 aliphatic rings.